The number of halogens is 1. The van der Waals surface area contributed by atoms with E-state index in [1.165, 1.54) is 17.8 Å². The number of nitrogens with zero attached hydrogens (tertiary/aromatic N) is 3. The molecular weight excluding hydrogens is 357 g/mol. The maximum Gasteiger partial charge on any atom is 0.257 e. The van der Waals surface area contributed by atoms with Gasteiger partial charge in [-0.15, -0.1) is 0 Å². The second-order valence-corrected chi connectivity index (χ2v) is 6.68. The molecule has 0 fully saturated rings. The Balaban J connectivity index is 1.45. The second kappa shape index (κ2) is 8.14. The van der Waals surface area contributed by atoms with Crippen molar-refractivity contribution in [2.45, 2.75) is 19.5 Å². The van der Waals surface area contributed by atoms with Crippen LogP contribution in [0.15, 0.2) is 64.5 Å². The SMILES string of the molecule is O=c1[nH]c(N/N=C\c2ccccc2F)nc2c1CN(Cc1ccccc1)CC2. The Kier molecular flexibility index (Phi) is 5.25. The number of fused-ring (bicyclic) bond motifs is 1. The molecule has 1 aromatic heterocycles. The second-order valence-electron chi connectivity index (χ2n) is 6.68. The number of hydrogen-bond acceptors (Lipinski definition) is 5. The molecule has 0 saturated carbocycles. The quantitative estimate of drug-likeness (QED) is 0.530. The summed E-state index contributed by atoms with van der Waals surface area (Å²) >= 11 is 0. The van der Waals surface area contributed by atoms with E-state index in [4.69, 9.17) is 0 Å². The third-order valence-electron chi connectivity index (χ3n) is 4.68. The maximum atomic E-state index is 13.6. The number of nitrogens with one attached hydrogen (secondary N) is 2. The lowest BCUT2D eigenvalue weighted by Gasteiger charge is -2.27. The monoisotopic (exact) mass is 377 g/mol. The Bertz CT molecular complexity index is 1050. The van der Waals surface area contributed by atoms with Crippen LogP contribution in [-0.2, 0) is 19.5 Å². The lowest BCUT2D eigenvalue weighted by molar-refractivity contribution is 0.242. The molecule has 2 N–H and O–H groups in total. The Morgan fingerprint density at radius 3 is 2.79 bits per heavy atom. The first-order chi connectivity index (χ1) is 13.7. The number of aromatic amines is 1. The molecule has 6 nitrogen and oxygen atoms in total. The fourth-order valence-corrected chi connectivity index (χ4v) is 3.25. The van der Waals surface area contributed by atoms with Crippen molar-refractivity contribution in [3.05, 3.63) is 93.2 Å². The first-order valence-electron chi connectivity index (χ1n) is 9.11. The van der Waals surface area contributed by atoms with Crippen LogP contribution in [0, 0.1) is 5.82 Å². The van der Waals surface area contributed by atoms with Gasteiger partial charge in [0.1, 0.15) is 5.82 Å². The topological polar surface area (TPSA) is 73.4 Å². The number of rotatable bonds is 5. The van der Waals surface area contributed by atoms with E-state index in [2.05, 4.69) is 37.5 Å². The van der Waals surface area contributed by atoms with Gasteiger partial charge in [-0.05, 0) is 11.6 Å². The molecule has 142 valence electrons. The van der Waals surface area contributed by atoms with E-state index in [0.29, 0.717) is 24.1 Å². The number of H-pyrrole nitrogens is 1. The average molecular weight is 377 g/mol. The third kappa shape index (κ3) is 4.15. The van der Waals surface area contributed by atoms with E-state index in [9.17, 15) is 9.18 Å². The van der Waals surface area contributed by atoms with Gasteiger partial charge >= 0.3 is 0 Å². The molecule has 0 aliphatic carbocycles. The first kappa shape index (κ1) is 18.1. The van der Waals surface area contributed by atoms with Gasteiger partial charge in [-0.1, -0.05) is 48.5 Å². The summed E-state index contributed by atoms with van der Waals surface area (Å²) in [4.78, 5) is 21.9. The van der Waals surface area contributed by atoms with E-state index < -0.39 is 0 Å². The summed E-state index contributed by atoms with van der Waals surface area (Å²) < 4.78 is 13.6. The summed E-state index contributed by atoms with van der Waals surface area (Å²) in [6, 6.07) is 16.5. The summed E-state index contributed by atoms with van der Waals surface area (Å²) in [5, 5.41) is 3.98. The van der Waals surface area contributed by atoms with Gasteiger partial charge in [0, 0.05) is 31.6 Å². The molecule has 0 amide bonds. The van der Waals surface area contributed by atoms with E-state index in [1.54, 1.807) is 18.2 Å². The molecule has 0 atom stereocenters. The highest BCUT2D eigenvalue weighted by Gasteiger charge is 2.21. The normalized spacial score (nSPS) is 14.2. The van der Waals surface area contributed by atoms with Crippen LogP contribution in [0.1, 0.15) is 22.4 Å². The summed E-state index contributed by atoms with van der Waals surface area (Å²) in [5.74, 6) is -0.105. The van der Waals surface area contributed by atoms with Crippen LogP contribution in [0.2, 0.25) is 0 Å². The minimum Gasteiger partial charge on any atom is -0.294 e. The molecule has 0 bridgehead atoms. The largest absolute Gasteiger partial charge is 0.294 e. The van der Waals surface area contributed by atoms with Crippen molar-refractivity contribution in [3.63, 3.8) is 0 Å². The van der Waals surface area contributed by atoms with E-state index in [-0.39, 0.29) is 17.3 Å². The van der Waals surface area contributed by atoms with E-state index >= 15 is 0 Å². The third-order valence-corrected chi connectivity index (χ3v) is 4.68. The highest BCUT2D eigenvalue weighted by molar-refractivity contribution is 5.80. The number of hydrazone groups is 1. The van der Waals surface area contributed by atoms with Crippen molar-refractivity contribution < 1.29 is 4.39 Å². The maximum absolute atomic E-state index is 13.6. The van der Waals surface area contributed by atoms with Gasteiger partial charge in [-0.2, -0.15) is 5.10 Å². The molecule has 0 saturated heterocycles. The highest BCUT2D eigenvalue weighted by Crippen LogP contribution is 2.17. The van der Waals surface area contributed by atoms with Gasteiger partial charge in [0.25, 0.3) is 5.56 Å². The summed E-state index contributed by atoms with van der Waals surface area (Å²) in [6.45, 7) is 2.19. The van der Waals surface area contributed by atoms with Crippen LogP contribution in [-0.4, -0.2) is 27.6 Å². The zero-order valence-corrected chi connectivity index (χ0v) is 15.2. The lowest BCUT2D eigenvalue weighted by atomic mass is 10.1. The number of benzene rings is 2. The van der Waals surface area contributed by atoms with Crippen LogP contribution in [0.5, 0.6) is 0 Å². The Hall–Kier alpha value is -3.32. The van der Waals surface area contributed by atoms with Crippen molar-refractivity contribution >= 4 is 12.2 Å². The number of anilines is 1. The van der Waals surface area contributed by atoms with Crippen molar-refractivity contribution in [2.75, 3.05) is 12.0 Å². The molecule has 3 aromatic rings. The smallest absolute Gasteiger partial charge is 0.257 e. The van der Waals surface area contributed by atoms with Crippen LogP contribution in [0.3, 0.4) is 0 Å². The van der Waals surface area contributed by atoms with Gasteiger partial charge in [0.05, 0.1) is 17.5 Å². The van der Waals surface area contributed by atoms with Gasteiger partial charge < -0.3 is 0 Å². The molecule has 1 aliphatic rings. The van der Waals surface area contributed by atoms with Crippen LogP contribution in [0.4, 0.5) is 10.3 Å². The number of aromatic nitrogens is 2. The lowest BCUT2D eigenvalue weighted by Crippen LogP contribution is -2.35. The minimum atomic E-state index is -0.363. The van der Waals surface area contributed by atoms with Crippen LogP contribution < -0.4 is 11.0 Å². The zero-order valence-electron chi connectivity index (χ0n) is 15.2. The molecule has 28 heavy (non-hydrogen) atoms. The van der Waals surface area contributed by atoms with Crippen molar-refractivity contribution in [3.8, 4) is 0 Å². The predicted molar refractivity (Wildman–Crippen MR) is 107 cm³/mol. The molecule has 2 aromatic carbocycles. The molecule has 4 rings (SSSR count). The zero-order chi connectivity index (χ0) is 19.3. The minimum absolute atomic E-state index is 0.175. The van der Waals surface area contributed by atoms with Crippen molar-refractivity contribution in [1.29, 1.82) is 0 Å². The van der Waals surface area contributed by atoms with Crippen molar-refractivity contribution in [2.24, 2.45) is 5.10 Å². The molecule has 7 heteroatoms. The van der Waals surface area contributed by atoms with E-state index in [1.807, 2.05) is 18.2 Å². The fraction of sp³-hybridized carbons (Fsp3) is 0.190. The molecule has 0 spiro atoms. The van der Waals surface area contributed by atoms with Gasteiger partial charge in [0.15, 0.2) is 0 Å². The van der Waals surface area contributed by atoms with Gasteiger partial charge in [-0.25, -0.2) is 14.8 Å². The average Bonchev–Trinajstić information content (AvgIpc) is 2.71. The standard InChI is InChI=1S/C21H20FN5O/c22-18-9-5-4-8-16(18)12-23-26-21-24-19-10-11-27(14-17(19)20(28)25-21)13-15-6-2-1-3-7-15/h1-9,12H,10-11,13-14H2,(H2,24,25,26,28)/b23-12-. The van der Waals surface area contributed by atoms with Crippen LogP contribution >= 0.6 is 0 Å². The Labute approximate surface area is 161 Å². The van der Waals surface area contributed by atoms with Crippen LogP contribution in [0.25, 0.3) is 0 Å². The molecular formula is C21H20FN5O. The Morgan fingerprint density at radius 1 is 1.18 bits per heavy atom. The summed E-state index contributed by atoms with van der Waals surface area (Å²) in [5.41, 5.74) is 5.54. The molecule has 0 unspecified atom stereocenters. The Morgan fingerprint density at radius 2 is 1.96 bits per heavy atom. The van der Waals surface area contributed by atoms with Gasteiger partial charge in [-0.3, -0.25) is 14.7 Å². The van der Waals surface area contributed by atoms with E-state index in [0.717, 1.165) is 18.8 Å². The predicted octanol–water partition coefficient (Wildman–Crippen LogP) is 2.91. The summed E-state index contributed by atoms with van der Waals surface area (Å²) in [7, 11) is 0. The molecule has 2 heterocycles. The number of hydrogen-bond donors (Lipinski definition) is 2. The van der Waals surface area contributed by atoms with Gasteiger partial charge in [0.2, 0.25) is 5.95 Å². The first-order valence-corrected chi connectivity index (χ1v) is 9.11. The van der Waals surface area contributed by atoms with Crippen molar-refractivity contribution in [1.82, 2.24) is 14.9 Å². The molecule has 0 radical (unpaired) electrons. The fourth-order valence-electron chi connectivity index (χ4n) is 3.25. The highest BCUT2D eigenvalue weighted by atomic mass is 19.1. The molecule has 1 aliphatic heterocycles. The summed E-state index contributed by atoms with van der Waals surface area (Å²) in [6.07, 6.45) is 2.05.